The zero-order chi connectivity index (χ0) is 16.6. The predicted octanol–water partition coefficient (Wildman–Crippen LogP) is 3.16. The molecule has 1 spiro atoms. The summed E-state index contributed by atoms with van der Waals surface area (Å²) in [5.74, 6) is 0.878. The zero-order valence-electron chi connectivity index (χ0n) is 15.2. The summed E-state index contributed by atoms with van der Waals surface area (Å²) in [4.78, 5) is 9.78. The monoisotopic (exact) mass is 349 g/mol. The summed E-state index contributed by atoms with van der Waals surface area (Å²) in [6, 6.07) is 0.636. The third-order valence-electron chi connectivity index (χ3n) is 6.18. The molecule has 1 aromatic rings. The Morgan fingerprint density at radius 1 is 1.29 bits per heavy atom. The topological polar surface area (TPSA) is 28.6 Å². The van der Waals surface area contributed by atoms with E-state index in [0.717, 1.165) is 31.4 Å². The van der Waals surface area contributed by atoms with E-state index in [1.54, 1.807) is 11.3 Å². The van der Waals surface area contributed by atoms with Gasteiger partial charge in [-0.1, -0.05) is 0 Å². The Labute approximate surface area is 150 Å². The molecule has 0 radical (unpaired) electrons. The molecule has 0 bridgehead atoms. The van der Waals surface area contributed by atoms with Crippen molar-refractivity contribution >= 4 is 11.3 Å². The van der Waals surface area contributed by atoms with Gasteiger partial charge in [0.15, 0.2) is 0 Å². The van der Waals surface area contributed by atoms with E-state index >= 15 is 0 Å². The van der Waals surface area contributed by atoms with E-state index in [1.165, 1.54) is 56.7 Å². The molecule has 0 N–H and O–H groups in total. The van der Waals surface area contributed by atoms with Crippen LogP contribution in [0.1, 0.15) is 42.8 Å². The number of ether oxygens (including phenoxy) is 1. The molecule has 0 amide bonds. The SMILES string of the molecule is Cc1csc(CN2CCC3(CC2)C[C@@H](COCC2CC2)N(C)C3)n1. The standard InChI is InChI=1S/C19H31N3OS/c1-15-13-24-18(20-15)10-22-7-5-19(6-8-22)9-17(21(2)14-19)12-23-11-16-3-4-16/h13,16-17H,3-12,14H2,1-2H3/t17-/m0/s1. The molecule has 4 nitrogen and oxygen atoms in total. The first-order chi connectivity index (χ1) is 11.6. The van der Waals surface area contributed by atoms with E-state index in [2.05, 4.69) is 34.1 Å². The van der Waals surface area contributed by atoms with Crippen LogP contribution in [0.3, 0.4) is 0 Å². The van der Waals surface area contributed by atoms with Gasteiger partial charge in [0.05, 0.1) is 13.2 Å². The lowest BCUT2D eigenvalue weighted by atomic mass is 9.76. The molecule has 3 heterocycles. The molecule has 5 heteroatoms. The molecule has 1 aromatic heterocycles. The summed E-state index contributed by atoms with van der Waals surface area (Å²) in [6.07, 6.45) is 6.78. The normalized spacial score (nSPS) is 28.0. The van der Waals surface area contributed by atoms with Crippen molar-refractivity contribution in [3.8, 4) is 0 Å². The Bertz CT molecular complexity index is 549. The van der Waals surface area contributed by atoms with Crippen LogP contribution >= 0.6 is 11.3 Å². The summed E-state index contributed by atoms with van der Waals surface area (Å²) in [5.41, 5.74) is 1.70. The molecule has 1 saturated carbocycles. The number of aromatic nitrogens is 1. The molecule has 2 aliphatic heterocycles. The van der Waals surface area contributed by atoms with Gasteiger partial charge < -0.3 is 9.64 Å². The second-order valence-corrected chi connectivity index (χ2v) is 9.36. The first-order valence-corrected chi connectivity index (χ1v) is 10.4. The Balaban J connectivity index is 1.25. The summed E-state index contributed by atoms with van der Waals surface area (Å²) in [5, 5.41) is 3.44. The maximum atomic E-state index is 5.99. The number of piperidine rings is 1. The lowest BCUT2D eigenvalue weighted by molar-refractivity contribution is 0.0776. The van der Waals surface area contributed by atoms with Crippen LogP contribution in [-0.2, 0) is 11.3 Å². The average molecular weight is 350 g/mol. The van der Waals surface area contributed by atoms with E-state index in [9.17, 15) is 0 Å². The lowest BCUT2D eigenvalue weighted by Gasteiger charge is -2.39. The summed E-state index contributed by atoms with van der Waals surface area (Å²) < 4.78 is 5.99. The number of rotatable bonds is 6. The van der Waals surface area contributed by atoms with Crippen LogP contribution in [0.15, 0.2) is 5.38 Å². The van der Waals surface area contributed by atoms with Gasteiger partial charge in [0.25, 0.3) is 0 Å². The second kappa shape index (κ2) is 7.02. The highest BCUT2D eigenvalue weighted by Gasteiger charge is 2.44. The van der Waals surface area contributed by atoms with E-state index in [1.807, 2.05) is 0 Å². The van der Waals surface area contributed by atoms with E-state index < -0.39 is 0 Å². The van der Waals surface area contributed by atoms with Gasteiger partial charge in [0, 0.05) is 30.3 Å². The fourth-order valence-corrected chi connectivity index (χ4v) is 5.25. The van der Waals surface area contributed by atoms with Gasteiger partial charge in [-0.3, -0.25) is 4.90 Å². The zero-order valence-corrected chi connectivity index (χ0v) is 16.0. The van der Waals surface area contributed by atoms with Crippen molar-refractivity contribution in [1.82, 2.24) is 14.8 Å². The number of likely N-dealkylation sites (tertiary alicyclic amines) is 2. The molecule has 0 aromatic carbocycles. The number of likely N-dealkylation sites (N-methyl/N-ethyl adjacent to an activating group) is 1. The average Bonchev–Trinajstić information content (AvgIpc) is 3.22. The van der Waals surface area contributed by atoms with E-state index in [4.69, 9.17) is 4.74 Å². The fraction of sp³-hybridized carbons (Fsp3) is 0.842. The van der Waals surface area contributed by atoms with Gasteiger partial charge in [-0.15, -0.1) is 11.3 Å². The molecular weight excluding hydrogens is 318 g/mol. The quantitative estimate of drug-likeness (QED) is 0.789. The van der Waals surface area contributed by atoms with Gasteiger partial charge >= 0.3 is 0 Å². The molecular formula is C19H31N3OS. The Hall–Kier alpha value is -0.490. The highest BCUT2D eigenvalue weighted by atomic mass is 32.1. The van der Waals surface area contributed by atoms with Crippen LogP contribution in [0.2, 0.25) is 0 Å². The third kappa shape index (κ3) is 4.01. The number of hydrogen-bond acceptors (Lipinski definition) is 5. The summed E-state index contributed by atoms with van der Waals surface area (Å²) in [7, 11) is 2.30. The molecule has 2 saturated heterocycles. The van der Waals surface area contributed by atoms with Crippen LogP contribution in [-0.4, -0.2) is 60.7 Å². The van der Waals surface area contributed by atoms with Crippen molar-refractivity contribution < 1.29 is 4.74 Å². The van der Waals surface area contributed by atoms with Gasteiger partial charge in [-0.05, 0) is 70.5 Å². The number of nitrogens with zero attached hydrogens (tertiary/aromatic N) is 3. The minimum absolute atomic E-state index is 0.539. The van der Waals surface area contributed by atoms with Gasteiger partial charge in [-0.25, -0.2) is 4.98 Å². The minimum Gasteiger partial charge on any atom is -0.380 e. The van der Waals surface area contributed by atoms with E-state index in [-0.39, 0.29) is 0 Å². The van der Waals surface area contributed by atoms with Crippen molar-refractivity contribution in [2.24, 2.45) is 11.3 Å². The molecule has 24 heavy (non-hydrogen) atoms. The Morgan fingerprint density at radius 3 is 2.75 bits per heavy atom. The molecule has 134 valence electrons. The molecule has 3 fully saturated rings. The number of aryl methyl sites for hydroxylation is 1. The van der Waals surface area contributed by atoms with Gasteiger partial charge in [0.1, 0.15) is 5.01 Å². The third-order valence-corrected chi connectivity index (χ3v) is 7.13. The van der Waals surface area contributed by atoms with Gasteiger partial charge in [-0.2, -0.15) is 0 Å². The van der Waals surface area contributed by atoms with Crippen LogP contribution in [0.25, 0.3) is 0 Å². The molecule has 1 aliphatic carbocycles. The first kappa shape index (κ1) is 17.0. The van der Waals surface area contributed by atoms with Crippen molar-refractivity contribution in [1.29, 1.82) is 0 Å². The molecule has 3 aliphatic rings. The van der Waals surface area contributed by atoms with Gasteiger partial charge in [0.2, 0.25) is 0 Å². The van der Waals surface area contributed by atoms with E-state index in [0.29, 0.717) is 11.5 Å². The smallest absolute Gasteiger partial charge is 0.107 e. The van der Waals surface area contributed by atoms with Crippen LogP contribution in [0.5, 0.6) is 0 Å². The predicted molar refractivity (Wildman–Crippen MR) is 98.4 cm³/mol. The Kier molecular flexibility index (Phi) is 4.96. The highest BCUT2D eigenvalue weighted by Crippen LogP contribution is 2.43. The fourth-order valence-electron chi connectivity index (χ4n) is 4.43. The highest BCUT2D eigenvalue weighted by molar-refractivity contribution is 7.09. The number of hydrogen-bond donors (Lipinski definition) is 0. The number of thiazole rings is 1. The Morgan fingerprint density at radius 2 is 2.08 bits per heavy atom. The van der Waals surface area contributed by atoms with Crippen LogP contribution in [0, 0.1) is 18.3 Å². The summed E-state index contributed by atoms with van der Waals surface area (Å²) >= 11 is 1.81. The molecule has 1 atom stereocenters. The largest absolute Gasteiger partial charge is 0.380 e. The first-order valence-electron chi connectivity index (χ1n) is 9.53. The lowest BCUT2D eigenvalue weighted by Crippen LogP contribution is -2.40. The van der Waals surface area contributed by atoms with Crippen molar-refractivity contribution in [2.45, 2.75) is 51.6 Å². The maximum Gasteiger partial charge on any atom is 0.107 e. The van der Waals surface area contributed by atoms with Crippen LogP contribution in [0.4, 0.5) is 0 Å². The molecule has 0 unspecified atom stereocenters. The minimum atomic E-state index is 0.539. The van der Waals surface area contributed by atoms with Crippen molar-refractivity contribution in [3.63, 3.8) is 0 Å². The summed E-state index contributed by atoms with van der Waals surface area (Å²) in [6.45, 7) is 8.78. The van der Waals surface area contributed by atoms with Crippen molar-refractivity contribution in [2.75, 3.05) is 39.9 Å². The maximum absolute atomic E-state index is 5.99. The second-order valence-electron chi connectivity index (χ2n) is 8.41. The molecule has 4 rings (SSSR count). The van der Waals surface area contributed by atoms with Crippen molar-refractivity contribution in [3.05, 3.63) is 16.1 Å². The van der Waals surface area contributed by atoms with Crippen LogP contribution < -0.4 is 0 Å².